The third kappa shape index (κ3) is 2.69. The number of hydrogen-bond acceptors (Lipinski definition) is 7. The van der Waals surface area contributed by atoms with Gasteiger partial charge >= 0.3 is 5.97 Å². The van der Waals surface area contributed by atoms with Gasteiger partial charge in [-0.2, -0.15) is 0 Å². The number of aliphatic carboxylic acids is 1. The van der Waals surface area contributed by atoms with Crippen LogP contribution in [0.1, 0.15) is 6.42 Å². The van der Waals surface area contributed by atoms with Gasteiger partial charge in [-0.15, -0.1) is 14.8 Å². The van der Waals surface area contributed by atoms with Gasteiger partial charge in [0.15, 0.2) is 5.65 Å². The Morgan fingerprint density at radius 3 is 3.17 bits per heavy atom. The summed E-state index contributed by atoms with van der Waals surface area (Å²) in [5.74, 6) is -0.580. The number of hydrogen-bond donors (Lipinski definition) is 2. The minimum absolute atomic E-state index is 0.334. The lowest BCUT2D eigenvalue weighted by Gasteiger charge is -2.13. The summed E-state index contributed by atoms with van der Waals surface area (Å²) in [6.45, 7) is 0.344. The number of methoxy groups -OCH3 is 1. The summed E-state index contributed by atoms with van der Waals surface area (Å²) in [6.07, 6.45) is 0.334. The summed E-state index contributed by atoms with van der Waals surface area (Å²) in [5, 5.41) is 26.6. The number of tetrazole rings is 1. The number of carboxylic acid groups (broad SMARTS) is 1. The lowest BCUT2D eigenvalue weighted by atomic mass is 10.2. The molecule has 0 saturated carbocycles. The van der Waals surface area contributed by atoms with Crippen LogP contribution in [0.3, 0.4) is 0 Å². The minimum atomic E-state index is -0.967. The van der Waals surface area contributed by atoms with Crippen LogP contribution in [0.2, 0.25) is 0 Å². The van der Waals surface area contributed by atoms with E-state index >= 15 is 0 Å². The van der Waals surface area contributed by atoms with E-state index in [9.17, 15) is 4.79 Å². The summed E-state index contributed by atoms with van der Waals surface area (Å²) in [4.78, 5) is 11.0. The van der Waals surface area contributed by atoms with E-state index in [4.69, 9.17) is 9.84 Å². The fraction of sp³-hybridized carbons (Fsp3) is 0.444. The van der Waals surface area contributed by atoms with Crippen LogP contribution in [-0.4, -0.2) is 56.1 Å². The number of fused-ring (bicyclic) bond motifs is 1. The molecule has 0 amide bonds. The van der Waals surface area contributed by atoms with Crippen LogP contribution < -0.4 is 5.32 Å². The van der Waals surface area contributed by atoms with Crippen LogP contribution in [0.5, 0.6) is 0 Å². The van der Waals surface area contributed by atoms with Gasteiger partial charge in [0, 0.05) is 20.1 Å². The zero-order valence-electron chi connectivity index (χ0n) is 9.65. The van der Waals surface area contributed by atoms with E-state index in [2.05, 4.69) is 25.9 Å². The van der Waals surface area contributed by atoms with E-state index in [0.717, 1.165) is 0 Å². The highest BCUT2D eigenvalue weighted by Crippen LogP contribution is 2.07. The molecule has 0 aliphatic carbocycles. The zero-order valence-corrected chi connectivity index (χ0v) is 9.65. The number of ether oxygens (including phenoxy) is 1. The summed E-state index contributed by atoms with van der Waals surface area (Å²) in [7, 11) is 1.52. The number of anilines is 1. The highest BCUT2D eigenvalue weighted by atomic mass is 16.5. The predicted molar refractivity (Wildman–Crippen MR) is 60.1 cm³/mol. The Morgan fingerprint density at radius 2 is 2.44 bits per heavy atom. The molecule has 0 bridgehead atoms. The Morgan fingerprint density at radius 1 is 1.61 bits per heavy atom. The molecule has 2 rings (SSSR count). The van der Waals surface area contributed by atoms with Gasteiger partial charge in [-0.1, -0.05) is 0 Å². The maximum absolute atomic E-state index is 11.0. The maximum atomic E-state index is 11.0. The largest absolute Gasteiger partial charge is 0.480 e. The molecule has 9 nitrogen and oxygen atoms in total. The molecule has 2 aromatic heterocycles. The van der Waals surface area contributed by atoms with Gasteiger partial charge in [0.25, 0.3) is 0 Å². The first-order valence-electron chi connectivity index (χ1n) is 5.24. The Labute approximate surface area is 102 Å². The molecule has 0 aromatic carbocycles. The SMILES string of the molecule is COCCC(Nc1ccc2nnnn2n1)C(=O)O. The van der Waals surface area contributed by atoms with Crippen LogP contribution >= 0.6 is 0 Å². The summed E-state index contributed by atoms with van der Waals surface area (Å²) in [5.41, 5.74) is 0.490. The van der Waals surface area contributed by atoms with E-state index in [1.165, 1.54) is 11.7 Å². The predicted octanol–water partition coefficient (Wildman–Crippen LogP) is -0.579. The fourth-order valence-electron chi connectivity index (χ4n) is 1.40. The number of nitrogens with one attached hydrogen (secondary N) is 1. The third-order valence-corrected chi connectivity index (χ3v) is 2.30. The van der Waals surface area contributed by atoms with E-state index in [0.29, 0.717) is 24.5 Å². The van der Waals surface area contributed by atoms with Gasteiger partial charge in [0.1, 0.15) is 11.9 Å². The van der Waals surface area contributed by atoms with E-state index in [1.807, 2.05) is 0 Å². The number of rotatable bonds is 6. The molecule has 2 N–H and O–H groups in total. The van der Waals surface area contributed by atoms with Crippen LogP contribution in [0, 0.1) is 0 Å². The van der Waals surface area contributed by atoms with Crippen LogP contribution in [-0.2, 0) is 9.53 Å². The zero-order chi connectivity index (χ0) is 13.0. The van der Waals surface area contributed by atoms with Crippen molar-refractivity contribution >= 4 is 17.4 Å². The quantitative estimate of drug-likeness (QED) is 0.701. The summed E-state index contributed by atoms with van der Waals surface area (Å²) in [6, 6.07) is 2.49. The van der Waals surface area contributed by atoms with Gasteiger partial charge in [-0.25, -0.2) is 4.79 Å². The van der Waals surface area contributed by atoms with Gasteiger partial charge in [0.05, 0.1) is 0 Å². The number of carbonyl (C=O) groups is 1. The second-order valence-electron chi connectivity index (χ2n) is 3.56. The second-order valence-corrected chi connectivity index (χ2v) is 3.56. The number of carboxylic acids is 1. The molecular formula is C9H12N6O3. The Kier molecular flexibility index (Phi) is 3.63. The van der Waals surface area contributed by atoms with Crippen LogP contribution in [0.4, 0.5) is 5.82 Å². The average Bonchev–Trinajstić information content (AvgIpc) is 2.81. The monoisotopic (exact) mass is 252 g/mol. The molecule has 2 heterocycles. The van der Waals surface area contributed by atoms with Crippen LogP contribution in [0.15, 0.2) is 12.1 Å². The second kappa shape index (κ2) is 5.36. The first kappa shape index (κ1) is 12.2. The molecule has 0 saturated heterocycles. The molecule has 1 unspecified atom stereocenters. The van der Waals surface area contributed by atoms with Crippen molar-refractivity contribution in [1.82, 2.24) is 25.3 Å². The van der Waals surface area contributed by atoms with Crippen molar-refractivity contribution in [2.45, 2.75) is 12.5 Å². The lowest BCUT2D eigenvalue weighted by molar-refractivity contribution is -0.138. The summed E-state index contributed by atoms with van der Waals surface area (Å²) >= 11 is 0. The van der Waals surface area contributed by atoms with Crippen molar-refractivity contribution in [3.63, 3.8) is 0 Å². The van der Waals surface area contributed by atoms with Gasteiger partial charge in [-0.3, -0.25) is 0 Å². The van der Waals surface area contributed by atoms with Crippen LogP contribution in [0.25, 0.3) is 5.65 Å². The Balaban J connectivity index is 2.11. The average molecular weight is 252 g/mol. The molecule has 0 spiro atoms. The molecule has 1 atom stereocenters. The number of nitrogens with zero attached hydrogens (tertiary/aromatic N) is 5. The first-order chi connectivity index (χ1) is 8.70. The third-order valence-electron chi connectivity index (χ3n) is 2.30. The van der Waals surface area contributed by atoms with Crippen molar-refractivity contribution in [2.24, 2.45) is 0 Å². The molecule has 2 aromatic rings. The minimum Gasteiger partial charge on any atom is -0.480 e. The molecular weight excluding hydrogens is 240 g/mol. The lowest BCUT2D eigenvalue weighted by Crippen LogP contribution is -2.31. The maximum Gasteiger partial charge on any atom is 0.326 e. The van der Waals surface area contributed by atoms with Crippen molar-refractivity contribution in [2.75, 3.05) is 19.0 Å². The molecule has 0 radical (unpaired) electrons. The molecule has 96 valence electrons. The van der Waals surface area contributed by atoms with Gasteiger partial charge in [0.2, 0.25) is 0 Å². The van der Waals surface area contributed by atoms with Gasteiger partial charge in [-0.05, 0) is 22.6 Å². The van der Waals surface area contributed by atoms with Gasteiger partial charge < -0.3 is 15.2 Å². The Bertz CT molecular complexity index is 542. The standard InChI is InChI=1S/C9H12N6O3/c1-18-5-4-6(9(16)17)10-7-2-3-8-11-13-14-15(8)12-7/h2-3,6H,4-5H2,1H3,(H,10,12)(H,16,17). The summed E-state index contributed by atoms with van der Waals surface area (Å²) < 4.78 is 6.08. The molecule has 0 aliphatic rings. The normalized spacial score (nSPS) is 12.5. The fourth-order valence-corrected chi connectivity index (χ4v) is 1.40. The molecule has 9 heteroatoms. The van der Waals surface area contributed by atoms with E-state index in [-0.39, 0.29) is 0 Å². The highest BCUT2D eigenvalue weighted by molar-refractivity contribution is 5.76. The topological polar surface area (TPSA) is 115 Å². The smallest absolute Gasteiger partial charge is 0.326 e. The van der Waals surface area contributed by atoms with E-state index in [1.54, 1.807) is 12.1 Å². The molecule has 18 heavy (non-hydrogen) atoms. The van der Waals surface area contributed by atoms with E-state index < -0.39 is 12.0 Å². The molecule has 0 fully saturated rings. The first-order valence-corrected chi connectivity index (χ1v) is 5.24. The number of aromatic nitrogens is 5. The van der Waals surface area contributed by atoms with Crippen molar-refractivity contribution < 1.29 is 14.6 Å². The molecule has 0 aliphatic heterocycles. The Hall–Kier alpha value is -2.29. The highest BCUT2D eigenvalue weighted by Gasteiger charge is 2.17. The van der Waals surface area contributed by atoms with Crippen molar-refractivity contribution in [3.8, 4) is 0 Å². The van der Waals surface area contributed by atoms with Crippen molar-refractivity contribution in [3.05, 3.63) is 12.1 Å². The van der Waals surface area contributed by atoms with Crippen molar-refractivity contribution in [1.29, 1.82) is 0 Å².